The molecule has 0 aliphatic heterocycles. The van der Waals surface area contributed by atoms with E-state index in [0.29, 0.717) is 0 Å². The average Bonchev–Trinajstić information content (AvgIpc) is 3.20. The molecule has 6 rings (SSSR count). The molecule has 6 aromatic rings. The van der Waals surface area contributed by atoms with Crippen molar-refractivity contribution in [2.75, 3.05) is 0 Å². The Bertz CT molecular complexity index is 2490. The van der Waals surface area contributed by atoms with Gasteiger partial charge in [0.1, 0.15) is 0 Å². The molecule has 5 aromatic carbocycles. The number of aromatic nitrogens is 1. The minimum absolute atomic E-state index is 0.896. The van der Waals surface area contributed by atoms with Crippen LogP contribution >= 0.6 is 0 Å². The molecule has 0 spiro atoms. The minimum atomic E-state index is 0.896. The van der Waals surface area contributed by atoms with Gasteiger partial charge >= 0.3 is 0 Å². The molecule has 1 nitrogen and oxygen atoms in total. The van der Waals surface area contributed by atoms with Gasteiger partial charge in [0.05, 0.1) is 5.69 Å². The lowest BCUT2D eigenvalue weighted by molar-refractivity contribution is 1.32. The Labute approximate surface area is 315 Å². The summed E-state index contributed by atoms with van der Waals surface area (Å²) in [7, 11) is 0. The number of benzene rings is 5. The lowest BCUT2D eigenvalue weighted by atomic mass is 9.81. The molecule has 1 heterocycles. The van der Waals surface area contributed by atoms with Crippen molar-refractivity contribution in [1.29, 1.82) is 0 Å². The van der Waals surface area contributed by atoms with E-state index in [1.807, 2.05) is 48.7 Å². The van der Waals surface area contributed by atoms with Crippen LogP contribution in [0, 0.1) is 0 Å². The van der Waals surface area contributed by atoms with Crippen molar-refractivity contribution in [3.8, 4) is 44.6 Å². The van der Waals surface area contributed by atoms with Crippen molar-refractivity contribution in [3.63, 3.8) is 0 Å². The van der Waals surface area contributed by atoms with Crippen LogP contribution < -0.4 is 0 Å². The number of fused-ring (bicyclic) bond motifs is 1. The minimum Gasteiger partial charge on any atom is -0.256 e. The normalized spacial score (nSPS) is 11.1. The second kappa shape index (κ2) is 15.8. The summed E-state index contributed by atoms with van der Waals surface area (Å²) >= 11 is 0. The van der Waals surface area contributed by atoms with Gasteiger partial charge in [0, 0.05) is 17.3 Å². The highest BCUT2D eigenvalue weighted by Gasteiger charge is 2.21. The van der Waals surface area contributed by atoms with Gasteiger partial charge in [0.15, 0.2) is 0 Å². The van der Waals surface area contributed by atoms with Crippen molar-refractivity contribution in [3.05, 3.63) is 199 Å². The monoisotopic (exact) mass is 683 g/mol. The summed E-state index contributed by atoms with van der Waals surface area (Å²) in [5.41, 5.74) is 18.0. The molecule has 1 heteroatoms. The van der Waals surface area contributed by atoms with Crippen LogP contribution in [0.25, 0.3) is 91.4 Å². The van der Waals surface area contributed by atoms with Crippen molar-refractivity contribution in [2.45, 2.75) is 20.8 Å². The smallest absolute Gasteiger partial charge is 0.0708 e. The highest BCUT2D eigenvalue weighted by molar-refractivity contribution is 6.13. The molecule has 0 unspecified atom stereocenters. The van der Waals surface area contributed by atoms with Crippen molar-refractivity contribution < 1.29 is 0 Å². The van der Waals surface area contributed by atoms with Gasteiger partial charge in [-0.15, -0.1) is 0 Å². The number of hydrogen-bond acceptors (Lipinski definition) is 1. The van der Waals surface area contributed by atoms with Crippen LogP contribution in [-0.4, -0.2) is 4.98 Å². The highest BCUT2D eigenvalue weighted by atomic mass is 14.7. The van der Waals surface area contributed by atoms with E-state index in [4.69, 9.17) is 4.98 Å². The van der Waals surface area contributed by atoms with E-state index < -0.39 is 0 Å². The Morgan fingerprint density at radius 1 is 0.509 bits per heavy atom. The molecule has 0 aliphatic rings. The van der Waals surface area contributed by atoms with Crippen LogP contribution in [-0.2, 0) is 0 Å². The molecule has 0 atom stereocenters. The fraction of sp³-hybridized carbons (Fsp3) is 0.0577. The Kier molecular flexibility index (Phi) is 10.8. The zero-order chi connectivity index (χ0) is 37.6. The molecule has 53 heavy (non-hydrogen) atoms. The summed E-state index contributed by atoms with van der Waals surface area (Å²) < 4.78 is 0. The predicted octanol–water partition coefficient (Wildman–Crippen LogP) is 15.0. The Hall–Kier alpha value is -6.57. The molecular weight excluding hydrogens is 639 g/mol. The fourth-order valence-electron chi connectivity index (χ4n) is 7.14. The van der Waals surface area contributed by atoms with Gasteiger partial charge in [0.25, 0.3) is 0 Å². The maximum Gasteiger partial charge on any atom is 0.0708 e. The third-order valence-electron chi connectivity index (χ3n) is 9.86. The molecule has 0 N–H and O–H groups in total. The third kappa shape index (κ3) is 6.90. The number of rotatable bonds is 12. The summed E-state index contributed by atoms with van der Waals surface area (Å²) in [6.07, 6.45) is 15.8. The molecule has 1 aromatic heterocycles. The SMILES string of the molecule is C=Cc1cccc(-c2ccc(-c3ccc(-c4c(C=C)c(C=C)c(-c5cccc(C(=C)/C(C)=C/C=C(C)C)c5C=C)c5ccccc45)cc3)cn2)c1C=C. The Morgan fingerprint density at radius 2 is 1.09 bits per heavy atom. The first-order valence-corrected chi connectivity index (χ1v) is 17.8. The van der Waals surface area contributed by atoms with Crippen molar-refractivity contribution >= 4 is 46.7 Å². The number of nitrogens with zero attached hydrogens (tertiary/aromatic N) is 1. The predicted molar refractivity (Wildman–Crippen MR) is 236 cm³/mol. The Morgan fingerprint density at radius 3 is 1.70 bits per heavy atom. The van der Waals surface area contributed by atoms with E-state index in [-0.39, 0.29) is 0 Å². The first-order valence-electron chi connectivity index (χ1n) is 17.8. The van der Waals surface area contributed by atoms with Gasteiger partial charge < -0.3 is 0 Å². The summed E-state index contributed by atoms with van der Waals surface area (Å²) in [5, 5.41) is 2.27. The molecule has 0 saturated heterocycles. The van der Waals surface area contributed by atoms with E-state index in [1.165, 1.54) is 5.57 Å². The van der Waals surface area contributed by atoms with Gasteiger partial charge in [-0.3, -0.25) is 4.98 Å². The van der Waals surface area contributed by atoms with Crippen LogP contribution in [0.2, 0.25) is 0 Å². The average molecular weight is 684 g/mol. The summed E-state index contributed by atoms with van der Waals surface area (Å²) in [5.74, 6) is 0. The third-order valence-corrected chi connectivity index (χ3v) is 9.86. The van der Waals surface area contributed by atoms with E-state index in [9.17, 15) is 0 Å². The zero-order valence-electron chi connectivity index (χ0n) is 31.0. The first-order chi connectivity index (χ1) is 25.8. The molecule has 0 bridgehead atoms. The maximum atomic E-state index is 4.85. The number of allylic oxidation sites excluding steroid dienone is 5. The lowest BCUT2D eigenvalue weighted by Crippen LogP contribution is -1.99. The largest absolute Gasteiger partial charge is 0.256 e. The molecule has 0 aliphatic carbocycles. The quantitative estimate of drug-likeness (QED) is 0.117. The molecule has 0 radical (unpaired) electrons. The van der Waals surface area contributed by atoms with Gasteiger partial charge in [-0.1, -0.05) is 179 Å². The zero-order valence-corrected chi connectivity index (χ0v) is 31.0. The molecular formula is C52H45N. The van der Waals surface area contributed by atoms with Crippen LogP contribution in [0.1, 0.15) is 54.2 Å². The molecule has 0 saturated carbocycles. The summed E-state index contributed by atoms with van der Waals surface area (Å²) in [6, 6.07) is 34.1. The van der Waals surface area contributed by atoms with Gasteiger partial charge in [0.2, 0.25) is 0 Å². The first kappa shape index (κ1) is 36.2. The van der Waals surface area contributed by atoms with Gasteiger partial charge in [-0.25, -0.2) is 0 Å². The van der Waals surface area contributed by atoms with Gasteiger partial charge in [-0.2, -0.15) is 0 Å². The maximum absolute atomic E-state index is 4.85. The van der Waals surface area contributed by atoms with Crippen LogP contribution in [0.5, 0.6) is 0 Å². The second-order valence-corrected chi connectivity index (χ2v) is 13.3. The number of pyridine rings is 1. The topological polar surface area (TPSA) is 12.9 Å². The van der Waals surface area contributed by atoms with Crippen molar-refractivity contribution in [2.24, 2.45) is 0 Å². The molecule has 0 fully saturated rings. The molecule has 258 valence electrons. The summed E-state index contributed by atoms with van der Waals surface area (Å²) in [4.78, 5) is 4.85. The van der Waals surface area contributed by atoms with Crippen LogP contribution in [0.3, 0.4) is 0 Å². The van der Waals surface area contributed by atoms with Crippen molar-refractivity contribution in [1.82, 2.24) is 4.98 Å². The van der Waals surface area contributed by atoms with Crippen LogP contribution in [0.15, 0.2) is 166 Å². The number of hydrogen-bond donors (Lipinski definition) is 0. The summed E-state index contributed by atoms with van der Waals surface area (Å²) in [6.45, 7) is 31.7. The van der Waals surface area contributed by atoms with Crippen LogP contribution in [0.4, 0.5) is 0 Å². The van der Waals surface area contributed by atoms with E-state index in [0.717, 1.165) is 99.9 Å². The second-order valence-electron chi connectivity index (χ2n) is 13.3. The standard InChI is InChI=1S/C52H45N/c1-10-37-19-17-23-46(41(37)11-2)50-32-31-40(33-53-50)38-27-29-39(30-28-38)51-43(13-4)44(14-5)52(49-21-16-15-20-48(49)51)47-24-18-22-45(42(47)12-3)36(9)35(8)26-25-34(6)7/h10-33H,1-5,9H2,6-8H3/b35-26+. The van der Waals surface area contributed by atoms with E-state index >= 15 is 0 Å². The van der Waals surface area contributed by atoms with E-state index in [1.54, 1.807) is 0 Å². The van der Waals surface area contributed by atoms with Gasteiger partial charge in [-0.05, 0) is 110 Å². The fourth-order valence-corrected chi connectivity index (χ4v) is 7.14. The lowest BCUT2D eigenvalue weighted by Gasteiger charge is -2.22. The Balaban J connectivity index is 1.46. The molecule has 0 amide bonds. The van der Waals surface area contributed by atoms with E-state index in [2.05, 4.69) is 157 Å². The highest BCUT2D eigenvalue weighted by Crippen LogP contribution is 2.45.